The quantitative estimate of drug-likeness (QED) is 0.878. The highest BCUT2D eigenvalue weighted by molar-refractivity contribution is 6.30. The Balaban J connectivity index is 1.41. The van der Waals surface area contributed by atoms with Crippen LogP contribution in [0, 0.1) is 0 Å². The van der Waals surface area contributed by atoms with Crippen molar-refractivity contribution in [3.05, 3.63) is 64.9 Å². The van der Waals surface area contributed by atoms with E-state index < -0.39 is 0 Å². The predicted octanol–water partition coefficient (Wildman–Crippen LogP) is 3.09. The van der Waals surface area contributed by atoms with Crippen LogP contribution >= 0.6 is 11.6 Å². The minimum Gasteiger partial charge on any atom is -0.353 e. The summed E-state index contributed by atoms with van der Waals surface area (Å²) < 4.78 is 0. The lowest BCUT2D eigenvalue weighted by molar-refractivity contribution is -0.122. The summed E-state index contributed by atoms with van der Waals surface area (Å²) in [4.78, 5) is 30.5. The minimum atomic E-state index is -0.0434. The zero-order valence-electron chi connectivity index (χ0n) is 14.5. The van der Waals surface area contributed by atoms with Gasteiger partial charge in [-0.05, 0) is 49.1 Å². The maximum Gasteiger partial charge on any atom is 0.272 e. The van der Waals surface area contributed by atoms with Gasteiger partial charge in [-0.25, -0.2) is 0 Å². The van der Waals surface area contributed by atoms with Crippen molar-refractivity contribution < 1.29 is 9.59 Å². The van der Waals surface area contributed by atoms with Crippen LogP contribution in [0.15, 0.2) is 48.7 Å². The van der Waals surface area contributed by atoms with Gasteiger partial charge in [-0.2, -0.15) is 0 Å². The fourth-order valence-electron chi connectivity index (χ4n) is 3.09. The number of benzene rings is 1. The van der Waals surface area contributed by atoms with E-state index >= 15 is 0 Å². The van der Waals surface area contributed by atoms with E-state index in [9.17, 15) is 9.59 Å². The number of amides is 2. The zero-order chi connectivity index (χ0) is 18.4. The molecular weight excluding hydrogens is 350 g/mol. The van der Waals surface area contributed by atoms with E-state index in [-0.39, 0.29) is 17.9 Å². The molecule has 1 aliphatic heterocycles. The molecule has 1 aromatic carbocycles. The molecule has 0 bridgehead atoms. The van der Waals surface area contributed by atoms with Gasteiger partial charge in [0.2, 0.25) is 5.91 Å². The van der Waals surface area contributed by atoms with E-state index in [0.29, 0.717) is 36.6 Å². The monoisotopic (exact) mass is 371 g/mol. The number of hydrogen-bond donors (Lipinski definition) is 1. The van der Waals surface area contributed by atoms with Crippen molar-refractivity contribution in [1.82, 2.24) is 15.2 Å². The molecule has 136 valence electrons. The van der Waals surface area contributed by atoms with Crippen LogP contribution in [0.25, 0.3) is 0 Å². The van der Waals surface area contributed by atoms with Crippen molar-refractivity contribution in [3.63, 3.8) is 0 Å². The number of carbonyl (C=O) groups excluding carboxylic acids is 2. The van der Waals surface area contributed by atoms with Crippen LogP contribution in [0.4, 0.5) is 0 Å². The van der Waals surface area contributed by atoms with Crippen LogP contribution < -0.4 is 5.32 Å². The van der Waals surface area contributed by atoms with E-state index in [1.807, 2.05) is 30.3 Å². The average molecular weight is 372 g/mol. The Morgan fingerprint density at radius 3 is 2.50 bits per heavy atom. The third-order valence-corrected chi connectivity index (χ3v) is 4.84. The molecule has 1 aliphatic rings. The molecule has 0 unspecified atom stereocenters. The molecule has 2 amide bonds. The first kappa shape index (κ1) is 18.4. The number of piperidine rings is 1. The number of nitrogens with zero attached hydrogens (tertiary/aromatic N) is 2. The van der Waals surface area contributed by atoms with Crippen molar-refractivity contribution in [1.29, 1.82) is 0 Å². The number of hydrogen-bond acceptors (Lipinski definition) is 3. The molecule has 26 heavy (non-hydrogen) atoms. The highest BCUT2D eigenvalue weighted by Gasteiger charge is 2.24. The van der Waals surface area contributed by atoms with Crippen molar-refractivity contribution in [3.8, 4) is 0 Å². The molecule has 5 nitrogen and oxygen atoms in total. The SMILES string of the molecule is O=C(CCc1ccc(Cl)cc1)NC1CCN(C(=O)c2ccccn2)CC1. The number of aryl methyl sites for hydroxylation is 1. The van der Waals surface area contributed by atoms with Gasteiger partial charge in [-0.1, -0.05) is 29.8 Å². The Morgan fingerprint density at radius 2 is 1.85 bits per heavy atom. The topological polar surface area (TPSA) is 62.3 Å². The molecule has 2 aromatic rings. The molecule has 1 saturated heterocycles. The van der Waals surface area contributed by atoms with Crippen LogP contribution in [-0.4, -0.2) is 40.8 Å². The molecule has 1 fully saturated rings. The molecule has 0 saturated carbocycles. The number of pyridine rings is 1. The van der Waals surface area contributed by atoms with Crippen LogP contribution in [0.5, 0.6) is 0 Å². The van der Waals surface area contributed by atoms with Gasteiger partial charge in [-0.15, -0.1) is 0 Å². The Morgan fingerprint density at radius 1 is 1.12 bits per heavy atom. The lowest BCUT2D eigenvalue weighted by atomic mass is 10.0. The van der Waals surface area contributed by atoms with Gasteiger partial charge in [0.1, 0.15) is 5.69 Å². The third-order valence-electron chi connectivity index (χ3n) is 4.59. The molecular formula is C20H22ClN3O2. The zero-order valence-corrected chi connectivity index (χ0v) is 15.3. The Kier molecular flexibility index (Phi) is 6.23. The first-order valence-electron chi connectivity index (χ1n) is 8.86. The molecule has 0 aliphatic carbocycles. The fourth-order valence-corrected chi connectivity index (χ4v) is 3.21. The van der Waals surface area contributed by atoms with Crippen molar-refractivity contribution in [2.75, 3.05) is 13.1 Å². The van der Waals surface area contributed by atoms with Crippen LogP contribution in [0.1, 0.15) is 35.3 Å². The molecule has 1 aromatic heterocycles. The predicted molar refractivity (Wildman–Crippen MR) is 101 cm³/mol. The van der Waals surface area contributed by atoms with Gasteiger partial charge in [0.05, 0.1) is 0 Å². The summed E-state index contributed by atoms with van der Waals surface area (Å²) in [5.74, 6) is 0.00701. The van der Waals surface area contributed by atoms with Crippen molar-refractivity contribution in [2.45, 2.75) is 31.7 Å². The second-order valence-electron chi connectivity index (χ2n) is 6.48. The van der Waals surface area contributed by atoms with E-state index in [4.69, 9.17) is 11.6 Å². The average Bonchev–Trinajstić information content (AvgIpc) is 2.68. The van der Waals surface area contributed by atoms with Gasteiger partial charge >= 0.3 is 0 Å². The number of aromatic nitrogens is 1. The number of likely N-dealkylation sites (tertiary alicyclic amines) is 1. The fraction of sp³-hybridized carbons (Fsp3) is 0.350. The van der Waals surface area contributed by atoms with Gasteiger partial charge in [0.25, 0.3) is 5.91 Å². The summed E-state index contributed by atoms with van der Waals surface area (Å²) in [6, 6.07) is 13.0. The highest BCUT2D eigenvalue weighted by Crippen LogP contribution is 2.14. The lowest BCUT2D eigenvalue weighted by Gasteiger charge is -2.32. The highest BCUT2D eigenvalue weighted by atomic mass is 35.5. The minimum absolute atomic E-state index is 0.0434. The van der Waals surface area contributed by atoms with Crippen LogP contribution in [0.3, 0.4) is 0 Å². The second kappa shape index (κ2) is 8.81. The summed E-state index contributed by atoms with van der Waals surface area (Å²) in [6.45, 7) is 1.27. The van der Waals surface area contributed by atoms with Crippen molar-refractivity contribution in [2.24, 2.45) is 0 Å². The smallest absolute Gasteiger partial charge is 0.272 e. The maximum atomic E-state index is 12.4. The standard InChI is InChI=1S/C20H22ClN3O2/c21-16-7-4-15(5-8-16)6-9-19(25)23-17-10-13-24(14-11-17)20(26)18-3-1-2-12-22-18/h1-5,7-8,12,17H,6,9-11,13-14H2,(H,23,25). The van der Waals surface area contributed by atoms with Gasteiger partial charge in [0.15, 0.2) is 0 Å². The molecule has 0 atom stereocenters. The summed E-state index contributed by atoms with van der Waals surface area (Å²) >= 11 is 5.87. The van der Waals surface area contributed by atoms with Crippen LogP contribution in [0.2, 0.25) is 5.02 Å². The van der Waals surface area contributed by atoms with Crippen molar-refractivity contribution >= 4 is 23.4 Å². The number of nitrogens with one attached hydrogen (secondary N) is 1. The largest absolute Gasteiger partial charge is 0.353 e. The summed E-state index contributed by atoms with van der Waals surface area (Å²) in [7, 11) is 0. The molecule has 0 spiro atoms. The number of rotatable bonds is 5. The molecule has 1 N–H and O–H groups in total. The number of carbonyl (C=O) groups is 2. The van der Waals surface area contributed by atoms with Gasteiger partial charge in [-0.3, -0.25) is 14.6 Å². The van der Waals surface area contributed by atoms with E-state index in [1.165, 1.54) is 0 Å². The summed E-state index contributed by atoms with van der Waals surface area (Å²) in [5, 5.41) is 3.78. The first-order chi connectivity index (χ1) is 12.6. The number of halogens is 1. The normalized spacial score (nSPS) is 14.9. The Bertz CT molecular complexity index is 741. The van der Waals surface area contributed by atoms with Gasteiger partial charge < -0.3 is 10.2 Å². The molecule has 6 heteroatoms. The Hall–Kier alpha value is -2.40. The molecule has 2 heterocycles. The molecule has 0 radical (unpaired) electrons. The maximum absolute atomic E-state index is 12.4. The van der Waals surface area contributed by atoms with E-state index in [2.05, 4.69) is 10.3 Å². The summed E-state index contributed by atoms with van der Waals surface area (Å²) in [5.41, 5.74) is 1.57. The second-order valence-corrected chi connectivity index (χ2v) is 6.91. The van der Waals surface area contributed by atoms with Gasteiger partial charge in [0, 0.05) is 36.8 Å². The summed E-state index contributed by atoms with van der Waals surface area (Å²) in [6.07, 6.45) is 4.31. The first-order valence-corrected chi connectivity index (χ1v) is 9.24. The van der Waals surface area contributed by atoms with E-state index in [1.54, 1.807) is 23.2 Å². The van der Waals surface area contributed by atoms with E-state index in [0.717, 1.165) is 18.4 Å². The molecule has 3 rings (SSSR count). The lowest BCUT2D eigenvalue weighted by Crippen LogP contribution is -2.46. The van der Waals surface area contributed by atoms with Crippen LogP contribution in [-0.2, 0) is 11.2 Å². The Labute approximate surface area is 158 Å². The third kappa shape index (κ3) is 5.05.